The summed E-state index contributed by atoms with van der Waals surface area (Å²) in [6, 6.07) is 12.6. The van der Waals surface area contributed by atoms with Crippen molar-refractivity contribution in [2.24, 2.45) is 0 Å². The van der Waals surface area contributed by atoms with Crippen LogP contribution >= 0.6 is 11.8 Å². The molecule has 0 atom stereocenters. The van der Waals surface area contributed by atoms with Crippen molar-refractivity contribution in [2.45, 2.75) is 11.3 Å². The Bertz CT molecular complexity index is 756. The summed E-state index contributed by atoms with van der Waals surface area (Å²) in [5.41, 5.74) is 0.397. The molecule has 3 nitrogen and oxygen atoms in total. The third-order valence-corrected chi connectivity index (χ3v) is 5.48. The zero-order chi connectivity index (χ0) is 18.4. The zero-order valence-electron chi connectivity index (χ0n) is 14.5. The number of hydrogen-bond acceptors (Lipinski definition) is 3. The third kappa shape index (κ3) is 5.05. The Morgan fingerprint density at radius 1 is 1.00 bits per heavy atom. The second-order valence-electron chi connectivity index (χ2n) is 6.28. The van der Waals surface area contributed by atoms with Gasteiger partial charge in [-0.25, -0.2) is 8.78 Å². The fraction of sp³-hybridized carbons (Fsp3) is 0.350. The molecule has 138 valence electrons. The van der Waals surface area contributed by atoms with Gasteiger partial charge in [-0.2, -0.15) is 0 Å². The fourth-order valence-corrected chi connectivity index (χ4v) is 4.00. The average molecular weight is 376 g/mol. The van der Waals surface area contributed by atoms with Crippen molar-refractivity contribution in [1.82, 2.24) is 9.80 Å². The predicted molar refractivity (Wildman–Crippen MR) is 100 cm³/mol. The molecule has 0 radical (unpaired) electrons. The largest absolute Gasteiger partial charge is 0.337 e. The molecule has 0 saturated carbocycles. The minimum absolute atomic E-state index is 0.118. The van der Waals surface area contributed by atoms with Crippen molar-refractivity contribution < 1.29 is 13.6 Å². The van der Waals surface area contributed by atoms with E-state index in [1.165, 1.54) is 30.0 Å². The second-order valence-corrected chi connectivity index (χ2v) is 7.41. The smallest absolute Gasteiger partial charge is 0.254 e. The van der Waals surface area contributed by atoms with E-state index in [0.29, 0.717) is 23.5 Å². The van der Waals surface area contributed by atoms with Crippen LogP contribution in [-0.4, -0.2) is 54.2 Å². The van der Waals surface area contributed by atoms with Crippen LogP contribution in [0.4, 0.5) is 8.78 Å². The molecule has 2 aromatic rings. The van der Waals surface area contributed by atoms with E-state index in [9.17, 15) is 13.6 Å². The number of amides is 1. The highest BCUT2D eigenvalue weighted by Crippen LogP contribution is 2.21. The summed E-state index contributed by atoms with van der Waals surface area (Å²) in [6.45, 7) is 3.83. The minimum Gasteiger partial charge on any atom is -0.337 e. The lowest BCUT2D eigenvalue weighted by atomic mass is 10.2. The summed E-state index contributed by atoms with van der Waals surface area (Å²) < 4.78 is 27.0. The molecular formula is C20H22F2N2OS. The highest BCUT2D eigenvalue weighted by Gasteiger charge is 2.20. The van der Waals surface area contributed by atoms with Crippen LogP contribution in [0, 0.1) is 11.6 Å². The van der Waals surface area contributed by atoms with Gasteiger partial charge in [0.15, 0.2) is 0 Å². The van der Waals surface area contributed by atoms with E-state index in [4.69, 9.17) is 0 Å². The number of rotatable bonds is 5. The van der Waals surface area contributed by atoms with Crippen LogP contribution in [0.15, 0.2) is 53.4 Å². The molecule has 6 heteroatoms. The van der Waals surface area contributed by atoms with Gasteiger partial charge in [0.25, 0.3) is 5.91 Å². The summed E-state index contributed by atoms with van der Waals surface area (Å²) >= 11 is 1.51. The maximum Gasteiger partial charge on any atom is 0.254 e. The molecule has 0 aromatic heterocycles. The lowest BCUT2D eigenvalue weighted by Gasteiger charge is -2.22. The summed E-state index contributed by atoms with van der Waals surface area (Å²) in [7, 11) is 0. The maximum atomic E-state index is 13.6. The van der Waals surface area contributed by atoms with E-state index >= 15 is 0 Å². The van der Waals surface area contributed by atoms with Crippen LogP contribution in [0.3, 0.4) is 0 Å². The minimum atomic E-state index is -0.391. The van der Waals surface area contributed by atoms with E-state index in [-0.39, 0.29) is 11.7 Å². The first kappa shape index (κ1) is 18.9. The Morgan fingerprint density at radius 2 is 1.85 bits per heavy atom. The molecule has 1 aliphatic heterocycles. The van der Waals surface area contributed by atoms with Crippen LogP contribution < -0.4 is 0 Å². The first-order valence-electron chi connectivity index (χ1n) is 8.78. The van der Waals surface area contributed by atoms with Crippen LogP contribution in [0.2, 0.25) is 0 Å². The van der Waals surface area contributed by atoms with Gasteiger partial charge in [-0.1, -0.05) is 18.2 Å². The third-order valence-electron chi connectivity index (χ3n) is 4.45. The van der Waals surface area contributed by atoms with Gasteiger partial charge in [-0.05, 0) is 43.3 Å². The summed E-state index contributed by atoms with van der Waals surface area (Å²) in [5, 5.41) is 0. The van der Waals surface area contributed by atoms with Gasteiger partial charge < -0.3 is 9.80 Å². The lowest BCUT2D eigenvalue weighted by Crippen LogP contribution is -2.35. The van der Waals surface area contributed by atoms with E-state index in [0.717, 1.165) is 31.8 Å². The molecule has 0 N–H and O–H groups in total. The highest BCUT2D eigenvalue weighted by molar-refractivity contribution is 7.99. The standard InChI is InChI=1S/C20H22F2N2OS/c21-17-6-3-5-16(15-17)20(25)24-10-4-9-23(11-12-24)13-14-26-19-8-2-1-7-18(19)22/h1-3,5-8,15H,4,9-14H2. The Morgan fingerprint density at radius 3 is 2.65 bits per heavy atom. The molecular weight excluding hydrogens is 354 g/mol. The summed E-state index contributed by atoms with van der Waals surface area (Å²) in [6.07, 6.45) is 0.880. The number of nitrogens with zero attached hydrogens (tertiary/aromatic N) is 2. The molecule has 3 rings (SSSR count). The number of carbonyl (C=O) groups excluding carboxylic acids is 1. The number of hydrogen-bond donors (Lipinski definition) is 0. The van der Waals surface area contributed by atoms with E-state index in [1.54, 1.807) is 29.2 Å². The molecule has 26 heavy (non-hydrogen) atoms. The normalized spacial score (nSPS) is 15.7. The Balaban J connectivity index is 1.49. The Kier molecular flexibility index (Phi) is 6.63. The monoisotopic (exact) mass is 376 g/mol. The van der Waals surface area contributed by atoms with Crippen molar-refractivity contribution in [3.63, 3.8) is 0 Å². The molecule has 1 heterocycles. The van der Waals surface area contributed by atoms with E-state index < -0.39 is 5.82 Å². The Labute approximate surface area is 157 Å². The molecule has 0 aliphatic carbocycles. The van der Waals surface area contributed by atoms with Crippen LogP contribution in [0.5, 0.6) is 0 Å². The average Bonchev–Trinajstić information content (AvgIpc) is 2.88. The van der Waals surface area contributed by atoms with E-state index in [2.05, 4.69) is 4.90 Å². The van der Waals surface area contributed by atoms with Crippen molar-refractivity contribution >= 4 is 17.7 Å². The summed E-state index contributed by atoms with van der Waals surface area (Å²) in [5.74, 6) is 0.114. The zero-order valence-corrected chi connectivity index (χ0v) is 15.4. The molecule has 0 spiro atoms. The SMILES string of the molecule is O=C(c1cccc(F)c1)N1CCCN(CCSc2ccccc2F)CC1. The molecule has 0 unspecified atom stereocenters. The van der Waals surface area contributed by atoms with Gasteiger partial charge in [0.2, 0.25) is 0 Å². The molecule has 1 fully saturated rings. The Hall–Kier alpha value is -1.92. The topological polar surface area (TPSA) is 23.6 Å². The molecule has 0 bridgehead atoms. The van der Waals surface area contributed by atoms with Gasteiger partial charge in [0.1, 0.15) is 11.6 Å². The number of carbonyl (C=O) groups is 1. The van der Waals surface area contributed by atoms with Crippen molar-refractivity contribution in [3.8, 4) is 0 Å². The van der Waals surface area contributed by atoms with Crippen molar-refractivity contribution in [2.75, 3.05) is 38.5 Å². The number of benzene rings is 2. The molecule has 1 aliphatic rings. The highest BCUT2D eigenvalue weighted by atomic mass is 32.2. The maximum absolute atomic E-state index is 13.6. The van der Waals surface area contributed by atoms with Crippen molar-refractivity contribution in [1.29, 1.82) is 0 Å². The van der Waals surface area contributed by atoms with Crippen LogP contribution in [0.1, 0.15) is 16.8 Å². The quantitative estimate of drug-likeness (QED) is 0.740. The first-order valence-corrected chi connectivity index (χ1v) is 9.76. The van der Waals surface area contributed by atoms with Crippen LogP contribution in [0.25, 0.3) is 0 Å². The number of halogens is 2. The second kappa shape index (κ2) is 9.14. The lowest BCUT2D eigenvalue weighted by molar-refractivity contribution is 0.0761. The van der Waals surface area contributed by atoms with Gasteiger partial charge in [-0.15, -0.1) is 11.8 Å². The van der Waals surface area contributed by atoms with Crippen molar-refractivity contribution in [3.05, 3.63) is 65.7 Å². The van der Waals surface area contributed by atoms with Gasteiger partial charge >= 0.3 is 0 Å². The molecule has 1 amide bonds. The van der Waals surface area contributed by atoms with Gasteiger partial charge in [-0.3, -0.25) is 4.79 Å². The fourth-order valence-electron chi connectivity index (χ4n) is 3.05. The first-order chi connectivity index (χ1) is 12.6. The van der Waals surface area contributed by atoms with Gasteiger partial charge in [0.05, 0.1) is 0 Å². The van der Waals surface area contributed by atoms with Crippen LogP contribution in [-0.2, 0) is 0 Å². The van der Waals surface area contributed by atoms with E-state index in [1.807, 2.05) is 6.07 Å². The molecule has 1 saturated heterocycles. The molecule has 2 aromatic carbocycles. The van der Waals surface area contributed by atoms with Gasteiger partial charge in [0, 0.05) is 42.4 Å². The number of thioether (sulfide) groups is 1. The summed E-state index contributed by atoms with van der Waals surface area (Å²) in [4.78, 5) is 17.3. The predicted octanol–water partition coefficient (Wildman–Crippen LogP) is 3.91.